The van der Waals surface area contributed by atoms with Crippen LogP contribution in [0.5, 0.6) is 5.75 Å². The lowest BCUT2D eigenvalue weighted by Crippen LogP contribution is -2.56. The van der Waals surface area contributed by atoms with Crippen LogP contribution in [0.15, 0.2) is 40.2 Å². The van der Waals surface area contributed by atoms with Crippen LogP contribution >= 0.6 is 11.3 Å². The minimum absolute atomic E-state index is 0.114. The van der Waals surface area contributed by atoms with Gasteiger partial charge < -0.3 is 15.2 Å². The standard InChI is InChI=1S/C25H29FN6O4S.C5H10FNO/c1-14(2)29-23(34)25(4,5)31-20(33)19-15(3)21(32-27-10-11-28-32)37-22(19)30(24(31)35)12-9-16-13-17(26)7-8-18(16)36-6;6-5-3-7(4-5)1-2-8/h7-8,10-11,13-14H,9,12H2,1-6H3,(H,29,34);5,8H,1-4H2. The van der Waals surface area contributed by atoms with Crippen LogP contribution < -0.4 is 21.3 Å². The summed E-state index contributed by atoms with van der Waals surface area (Å²) in [6.07, 6.45) is 2.65. The number of amides is 1. The number of ether oxygens (including phenoxy) is 1. The molecule has 3 aromatic heterocycles. The highest BCUT2D eigenvalue weighted by Crippen LogP contribution is 2.31. The number of aliphatic hydroxyl groups excluding tert-OH is 1. The molecule has 0 spiro atoms. The molecule has 45 heavy (non-hydrogen) atoms. The summed E-state index contributed by atoms with van der Waals surface area (Å²) in [4.78, 5) is 44.5. The molecule has 1 fully saturated rings. The number of hydrogen-bond donors (Lipinski definition) is 2. The summed E-state index contributed by atoms with van der Waals surface area (Å²) in [6, 6.07) is 4.00. The van der Waals surface area contributed by atoms with Gasteiger partial charge in [0.1, 0.15) is 33.1 Å². The number of nitrogens with zero attached hydrogens (tertiary/aromatic N) is 6. The molecule has 0 saturated carbocycles. The molecule has 0 atom stereocenters. The molecule has 1 aliphatic rings. The summed E-state index contributed by atoms with van der Waals surface area (Å²) in [5, 5.41) is 20.4. The van der Waals surface area contributed by atoms with Crippen LogP contribution in [0.1, 0.15) is 38.8 Å². The Bertz CT molecular complexity index is 1760. The van der Waals surface area contributed by atoms with Crippen LogP contribution in [-0.4, -0.2) is 85.6 Å². The third kappa shape index (κ3) is 7.15. The zero-order chi connectivity index (χ0) is 33.1. The number of hydrogen-bond acceptors (Lipinski definition) is 9. The first kappa shape index (κ1) is 33.9. The number of alkyl halides is 1. The number of aliphatic hydroxyl groups is 1. The third-order valence-electron chi connectivity index (χ3n) is 7.50. The number of fused-ring (bicyclic) bond motifs is 1. The van der Waals surface area contributed by atoms with Crippen LogP contribution in [-0.2, 0) is 23.3 Å². The second kappa shape index (κ2) is 14.0. The number of halogens is 2. The Kier molecular flexibility index (Phi) is 10.6. The maximum Gasteiger partial charge on any atom is 0.333 e. The lowest BCUT2D eigenvalue weighted by molar-refractivity contribution is -0.129. The van der Waals surface area contributed by atoms with Crippen molar-refractivity contribution >= 4 is 27.5 Å². The third-order valence-corrected chi connectivity index (χ3v) is 8.78. The maximum atomic E-state index is 14.0. The van der Waals surface area contributed by atoms with Gasteiger partial charge in [-0.25, -0.2) is 18.1 Å². The molecule has 5 rings (SSSR count). The number of rotatable bonds is 10. The van der Waals surface area contributed by atoms with Crippen molar-refractivity contribution in [1.29, 1.82) is 0 Å². The number of benzene rings is 1. The van der Waals surface area contributed by atoms with Crippen LogP contribution in [0.25, 0.3) is 15.2 Å². The fourth-order valence-corrected chi connectivity index (χ4v) is 6.32. The van der Waals surface area contributed by atoms with Gasteiger partial charge in [-0.15, -0.1) is 4.80 Å². The molecule has 2 N–H and O–H groups in total. The van der Waals surface area contributed by atoms with E-state index in [2.05, 4.69) is 15.5 Å². The van der Waals surface area contributed by atoms with Gasteiger partial charge in [-0.3, -0.25) is 19.1 Å². The smallest absolute Gasteiger partial charge is 0.333 e. The molecule has 1 aromatic carbocycles. The Labute approximate surface area is 262 Å². The molecule has 0 aliphatic carbocycles. The molecule has 4 heterocycles. The van der Waals surface area contributed by atoms with Gasteiger partial charge in [-0.05, 0) is 64.8 Å². The summed E-state index contributed by atoms with van der Waals surface area (Å²) in [7, 11) is 1.49. The normalized spacial score (nSPS) is 13.9. The van der Waals surface area contributed by atoms with Crippen molar-refractivity contribution in [2.75, 3.05) is 33.4 Å². The number of likely N-dealkylation sites (tertiary alicyclic amines) is 1. The van der Waals surface area contributed by atoms with E-state index in [9.17, 15) is 23.2 Å². The minimum Gasteiger partial charge on any atom is -0.496 e. The van der Waals surface area contributed by atoms with Crippen molar-refractivity contribution in [3.63, 3.8) is 0 Å². The summed E-state index contributed by atoms with van der Waals surface area (Å²) >= 11 is 1.20. The molecule has 4 aromatic rings. The number of methoxy groups -OCH3 is 1. The number of carbonyl (C=O) groups excluding carboxylic acids is 1. The molecule has 244 valence electrons. The average Bonchev–Trinajstić information content (AvgIpc) is 3.60. The summed E-state index contributed by atoms with van der Waals surface area (Å²) < 4.78 is 33.8. The van der Waals surface area contributed by atoms with E-state index >= 15 is 0 Å². The SMILES string of the molecule is COc1ccc(F)cc1CCn1c(=O)n(C(C)(C)C(=O)NC(C)C)c(=O)c2c(C)c(-n3nccn3)sc21.OCCN1CC(F)C1. The fourth-order valence-electron chi connectivity index (χ4n) is 5.08. The molecular formula is C30H39F2N7O5S. The Morgan fingerprint density at radius 2 is 1.87 bits per heavy atom. The predicted octanol–water partition coefficient (Wildman–Crippen LogP) is 2.40. The van der Waals surface area contributed by atoms with Gasteiger partial charge in [0.05, 0.1) is 31.5 Å². The highest BCUT2D eigenvalue weighted by Gasteiger charge is 2.36. The number of β-amino-alcohol motifs (C(OH)–C–C–N with tert-alkyl or cyclic N) is 1. The number of carbonyl (C=O) groups is 1. The highest BCUT2D eigenvalue weighted by atomic mass is 32.1. The summed E-state index contributed by atoms with van der Waals surface area (Å²) in [6.45, 7) is 10.4. The lowest BCUT2D eigenvalue weighted by Gasteiger charge is -2.33. The van der Waals surface area contributed by atoms with Crippen molar-refractivity contribution in [2.45, 2.75) is 65.3 Å². The molecule has 1 aliphatic heterocycles. The van der Waals surface area contributed by atoms with E-state index in [1.54, 1.807) is 20.8 Å². The first-order chi connectivity index (χ1) is 21.3. The molecule has 12 nitrogen and oxygen atoms in total. The van der Waals surface area contributed by atoms with Crippen molar-refractivity contribution < 1.29 is 23.4 Å². The van der Waals surface area contributed by atoms with Gasteiger partial charge in [-0.2, -0.15) is 10.2 Å². The van der Waals surface area contributed by atoms with Crippen LogP contribution in [0, 0.1) is 12.7 Å². The van der Waals surface area contributed by atoms with E-state index in [0.717, 1.165) is 4.57 Å². The number of thiophene rings is 1. The monoisotopic (exact) mass is 647 g/mol. The highest BCUT2D eigenvalue weighted by molar-refractivity contribution is 7.21. The summed E-state index contributed by atoms with van der Waals surface area (Å²) in [5.41, 5.74) is -1.54. The maximum absolute atomic E-state index is 14.0. The van der Waals surface area contributed by atoms with Crippen molar-refractivity contribution in [3.05, 3.63) is 68.4 Å². The van der Waals surface area contributed by atoms with Gasteiger partial charge in [0.25, 0.3) is 5.56 Å². The quantitative estimate of drug-likeness (QED) is 0.268. The van der Waals surface area contributed by atoms with Gasteiger partial charge in [-0.1, -0.05) is 11.3 Å². The van der Waals surface area contributed by atoms with Crippen LogP contribution in [0.2, 0.25) is 0 Å². The van der Waals surface area contributed by atoms with Gasteiger partial charge >= 0.3 is 5.69 Å². The predicted molar refractivity (Wildman–Crippen MR) is 168 cm³/mol. The number of nitrogens with one attached hydrogen (secondary N) is 1. The molecule has 0 bridgehead atoms. The first-order valence-corrected chi connectivity index (χ1v) is 15.4. The topological polar surface area (TPSA) is 137 Å². The van der Waals surface area contributed by atoms with E-state index in [0.29, 0.717) is 51.7 Å². The molecule has 1 saturated heterocycles. The molecular weight excluding hydrogens is 608 g/mol. The number of aryl methyl sites for hydroxylation is 3. The van der Waals surface area contributed by atoms with Crippen LogP contribution in [0.4, 0.5) is 8.78 Å². The fraction of sp³-hybridized carbons (Fsp3) is 0.500. The largest absolute Gasteiger partial charge is 0.496 e. The Hall–Kier alpha value is -3.95. The van der Waals surface area contributed by atoms with E-state index in [1.807, 2.05) is 4.90 Å². The average molecular weight is 648 g/mol. The molecule has 15 heteroatoms. The van der Waals surface area contributed by atoms with Gasteiger partial charge in [0.2, 0.25) is 5.91 Å². The Morgan fingerprint density at radius 3 is 2.44 bits per heavy atom. The van der Waals surface area contributed by atoms with Crippen molar-refractivity contribution in [2.24, 2.45) is 0 Å². The Morgan fingerprint density at radius 1 is 1.20 bits per heavy atom. The first-order valence-electron chi connectivity index (χ1n) is 14.6. The minimum atomic E-state index is -1.48. The number of aromatic nitrogens is 5. The van der Waals surface area contributed by atoms with Gasteiger partial charge in [0, 0.05) is 37.8 Å². The van der Waals surface area contributed by atoms with Crippen molar-refractivity contribution in [1.82, 2.24) is 34.3 Å². The second-order valence-electron chi connectivity index (χ2n) is 11.6. The van der Waals surface area contributed by atoms with E-state index in [1.165, 1.54) is 72.3 Å². The second-order valence-corrected chi connectivity index (χ2v) is 12.6. The Balaban J connectivity index is 0.000000501. The van der Waals surface area contributed by atoms with E-state index in [-0.39, 0.29) is 25.6 Å². The van der Waals surface area contributed by atoms with E-state index < -0.39 is 34.7 Å². The summed E-state index contributed by atoms with van der Waals surface area (Å²) in [5.74, 6) is -0.399. The zero-order valence-corrected chi connectivity index (χ0v) is 27.0. The lowest BCUT2D eigenvalue weighted by atomic mass is 10.0. The zero-order valence-electron chi connectivity index (χ0n) is 26.2. The van der Waals surface area contributed by atoms with Crippen LogP contribution in [0.3, 0.4) is 0 Å². The van der Waals surface area contributed by atoms with Crippen molar-refractivity contribution in [3.8, 4) is 10.8 Å². The van der Waals surface area contributed by atoms with E-state index in [4.69, 9.17) is 9.84 Å². The molecule has 0 radical (unpaired) electrons. The molecule has 1 amide bonds. The molecule has 0 unspecified atom stereocenters. The van der Waals surface area contributed by atoms with Gasteiger partial charge in [0.15, 0.2) is 0 Å².